The number of fused-ring (bicyclic) bond motifs is 1. The third-order valence-corrected chi connectivity index (χ3v) is 3.91. The van der Waals surface area contributed by atoms with Crippen molar-refractivity contribution >= 4 is 0 Å². The second-order valence-corrected chi connectivity index (χ2v) is 5.49. The average molecular weight is 246 g/mol. The highest BCUT2D eigenvalue weighted by molar-refractivity contribution is 5.27. The molecule has 18 heavy (non-hydrogen) atoms. The highest BCUT2D eigenvalue weighted by atomic mass is 15.1. The summed E-state index contributed by atoms with van der Waals surface area (Å²) in [6.45, 7) is 5.68. The van der Waals surface area contributed by atoms with Crippen LogP contribution in [-0.4, -0.2) is 24.0 Å². The van der Waals surface area contributed by atoms with Crippen LogP contribution in [-0.2, 0) is 13.0 Å². The van der Waals surface area contributed by atoms with E-state index in [-0.39, 0.29) is 0 Å². The second kappa shape index (κ2) is 6.91. The van der Waals surface area contributed by atoms with Gasteiger partial charge in [-0.1, -0.05) is 37.6 Å². The Kier molecular flexibility index (Phi) is 5.21. The monoisotopic (exact) mass is 246 g/mol. The van der Waals surface area contributed by atoms with Crippen molar-refractivity contribution < 1.29 is 0 Å². The number of nitrogens with zero attached hydrogens (tertiary/aromatic N) is 1. The van der Waals surface area contributed by atoms with E-state index in [2.05, 4.69) is 36.1 Å². The van der Waals surface area contributed by atoms with E-state index in [1.165, 1.54) is 36.9 Å². The van der Waals surface area contributed by atoms with Crippen LogP contribution in [0.1, 0.15) is 43.7 Å². The summed E-state index contributed by atoms with van der Waals surface area (Å²) in [6.07, 6.45) is 6.00. The first-order valence-corrected chi connectivity index (χ1v) is 7.34. The number of nitrogens with two attached hydrogens (primary N) is 1. The Morgan fingerprint density at radius 1 is 1.22 bits per heavy atom. The number of hydrogen-bond acceptors (Lipinski definition) is 2. The fraction of sp³-hybridized carbons (Fsp3) is 0.625. The van der Waals surface area contributed by atoms with Crippen molar-refractivity contribution in [2.75, 3.05) is 13.1 Å². The SMILES string of the molecule is CCCC(N)CCN1CCCc2ccccc2C1. The van der Waals surface area contributed by atoms with Gasteiger partial charge in [0.15, 0.2) is 0 Å². The third-order valence-electron chi connectivity index (χ3n) is 3.91. The van der Waals surface area contributed by atoms with Gasteiger partial charge in [0, 0.05) is 12.6 Å². The summed E-state index contributed by atoms with van der Waals surface area (Å²) >= 11 is 0. The molecule has 2 rings (SSSR count). The lowest BCUT2D eigenvalue weighted by Gasteiger charge is -2.22. The van der Waals surface area contributed by atoms with E-state index in [0.29, 0.717) is 6.04 Å². The Morgan fingerprint density at radius 3 is 2.78 bits per heavy atom. The van der Waals surface area contributed by atoms with Crippen LogP contribution in [0.3, 0.4) is 0 Å². The van der Waals surface area contributed by atoms with E-state index in [1.807, 2.05) is 0 Å². The van der Waals surface area contributed by atoms with Crippen molar-refractivity contribution in [2.24, 2.45) is 5.73 Å². The van der Waals surface area contributed by atoms with Gasteiger partial charge in [0.25, 0.3) is 0 Å². The molecule has 0 spiro atoms. The van der Waals surface area contributed by atoms with E-state index < -0.39 is 0 Å². The normalized spacial score (nSPS) is 18.1. The Hall–Kier alpha value is -0.860. The predicted molar refractivity (Wildman–Crippen MR) is 77.5 cm³/mol. The first-order chi connectivity index (χ1) is 8.79. The van der Waals surface area contributed by atoms with Crippen LogP contribution in [0, 0.1) is 0 Å². The second-order valence-electron chi connectivity index (χ2n) is 5.49. The molecular formula is C16H26N2. The third kappa shape index (κ3) is 3.82. The fourth-order valence-electron chi connectivity index (χ4n) is 2.82. The standard InChI is InChI=1S/C16H26N2/c1-2-6-16(17)10-12-18-11-5-9-14-7-3-4-8-15(14)13-18/h3-4,7-8,16H,2,5-6,9-13,17H2,1H3. The fourth-order valence-corrected chi connectivity index (χ4v) is 2.82. The zero-order valence-corrected chi connectivity index (χ0v) is 11.6. The van der Waals surface area contributed by atoms with Gasteiger partial charge in [-0.05, 0) is 49.9 Å². The molecule has 2 nitrogen and oxygen atoms in total. The maximum Gasteiger partial charge on any atom is 0.0236 e. The van der Waals surface area contributed by atoms with E-state index in [1.54, 1.807) is 0 Å². The van der Waals surface area contributed by atoms with E-state index in [0.717, 1.165) is 25.9 Å². The molecule has 1 unspecified atom stereocenters. The van der Waals surface area contributed by atoms with Gasteiger partial charge in [0.2, 0.25) is 0 Å². The molecule has 2 N–H and O–H groups in total. The average Bonchev–Trinajstić information content (AvgIpc) is 2.58. The predicted octanol–water partition coefficient (Wildman–Crippen LogP) is 2.95. The minimum absolute atomic E-state index is 0.383. The van der Waals surface area contributed by atoms with Gasteiger partial charge in [-0.15, -0.1) is 0 Å². The highest BCUT2D eigenvalue weighted by Crippen LogP contribution is 2.18. The van der Waals surface area contributed by atoms with Gasteiger partial charge in [0.05, 0.1) is 0 Å². The molecule has 100 valence electrons. The molecule has 1 aliphatic rings. The van der Waals surface area contributed by atoms with Gasteiger partial charge >= 0.3 is 0 Å². The minimum atomic E-state index is 0.383. The van der Waals surface area contributed by atoms with Crippen LogP contribution in [0.15, 0.2) is 24.3 Å². The Labute approximate surface area is 111 Å². The number of hydrogen-bond donors (Lipinski definition) is 1. The van der Waals surface area contributed by atoms with Gasteiger partial charge < -0.3 is 5.73 Å². The zero-order valence-electron chi connectivity index (χ0n) is 11.6. The maximum absolute atomic E-state index is 6.11. The first-order valence-electron chi connectivity index (χ1n) is 7.34. The molecule has 1 atom stereocenters. The smallest absolute Gasteiger partial charge is 0.0236 e. The van der Waals surface area contributed by atoms with Crippen molar-refractivity contribution in [2.45, 2.75) is 51.6 Å². The number of benzene rings is 1. The zero-order chi connectivity index (χ0) is 12.8. The topological polar surface area (TPSA) is 29.3 Å². The summed E-state index contributed by atoms with van der Waals surface area (Å²) in [5.41, 5.74) is 9.16. The van der Waals surface area contributed by atoms with Crippen molar-refractivity contribution in [3.63, 3.8) is 0 Å². The molecule has 0 aliphatic carbocycles. The quantitative estimate of drug-likeness (QED) is 0.865. The first kappa shape index (κ1) is 13.6. The lowest BCUT2D eigenvalue weighted by molar-refractivity contribution is 0.256. The summed E-state index contributed by atoms with van der Waals surface area (Å²) in [7, 11) is 0. The van der Waals surface area contributed by atoms with Crippen LogP contribution < -0.4 is 5.73 Å². The van der Waals surface area contributed by atoms with Crippen molar-refractivity contribution in [1.82, 2.24) is 4.90 Å². The lowest BCUT2D eigenvalue weighted by Crippen LogP contribution is -2.30. The molecule has 0 radical (unpaired) electrons. The Balaban J connectivity index is 1.88. The van der Waals surface area contributed by atoms with Crippen LogP contribution >= 0.6 is 0 Å². The van der Waals surface area contributed by atoms with Gasteiger partial charge in [-0.3, -0.25) is 4.90 Å². The van der Waals surface area contributed by atoms with Crippen molar-refractivity contribution in [3.05, 3.63) is 35.4 Å². The number of aryl methyl sites for hydroxylation is 1. The summed E-state index contributed by atoms with van der Waals surface area (Å²) in [5.74, 6) is 0. The molecule has 0 bridgehead atoms. The van der Waals surface area contributed by atoms with Crippen LogP contribution in [0.2, 0.25) is 0 Å². The summed E-state index contributed by atoms with van der Waals surface area (Å²) < 4.78 is 0. The Bertz CT molecular complexity index is 362. The van der Waals surface area contributed by atoms with Gasteiger partial charge in [0.1, 0.15) is 0 Å². The molecule has 1 aromatic rings. The summed E-state index contributed by atoms with van der Waals surface area (Å²) in [5, 5.41) is 0. The number of rotatable bonds is 5. The van der Waals surface area contributed by atoms with Crippen LogP contribution in [0.5, 0.6) is 0 Å². The van der Waals surface area contributed by atoms with Crippen LogP contribution in [0.25, 0.3) is 0 Å². The van der Waals surface area contributed by atoms with Crippen LogP contribution in [0.4, 0.5) is 0 Å². The van der Waals surface area contributed by atoms with E-state index in [9.17, 15) is 0 Å². The Morgan fingerprint density at radius 2 is 2.00 bits per heavy atom. The molecule has 2 heteroatoms. The molecule has 1 aliphatic heterocycles. The largest absolute Gasteiger partial charge is 0.328 e. The molecule has 1 aromatic carbocycles. The maximum atomic E-state index is 6.11. The summed E-state index contributed by atoms with van der Waals surface area (Å²) in [6, 6.07) is 9.26. The van der Waals surface area contributed by atoms with E-state index >= 15 is 0 Å². The molecule has 0 amide bonds. The van der Waals surface area contributed by atoms with Crippen molar-refractivity contribution in [3.8, 4) is 0 Å². The molecule has 0 saturated heterocycles. The molecule has 0 aromatic heterocycles. The van der Waals surface area contributed by atoms with Gasteiger partial charge in [-0.2, -0.15) is 0 Å². The highest BCUT2D eigenvalue weighted by Gasteiger charge is 2.14. The molecule has 0 fully saturated rings. The molecule has 0 saturated carbocycles. The van der Waals surface area contributed by atoms with E-state index in [4.69, 9.17) is 5.73 Å². The molecule has 1 heterocycles. The molecular weight excluding hydrogens is 220 g/mol. The minimum Gasteiger partial charge on any atom is -0.328 e. The van der Waals surface area contributed by atoms with Crippen molar-refractivity contribution in [1.29, 1.82) is 0 Å². The summed E-state index contributed by atoms with van der Waals surface area (Å²) in [4.78, 5) is 2.57. The lowest BCUT2D eigenvalue weighted by atomic mass is 10.0. The van der Waals surface area contributed by atoms with Gasteiger partial charge in [-0.25, -0.2) is 0 Å².